The third-order valence-electron chi connectivity index (χ3n) is 4.41. The number of aromatic amines is 1. The summed E-state index contributed by atoms with van der Waals surface area (Å²) in [5.74, 6) is -0.476. The number of amides is 1. The first-order chi connectivity index (χ1) is 11.2. The lowest BCUT2D eigenvalue weighted by Crippen LogP contribution is -2.35. The molecule has 0 aromatic carbocycles. The standard InChI is InChI=1S/C18H22FN3O/c19-15-8-13(10-20-12-15)14-9-17(21-11-14)18(23)22-16-6-4-2-1-3-5-7-16/h8-12,16,21H,1-7H2,(H,22,23). The van der Waals surface area contributed by atoms with Gasteiger partial charge in [0.05, 0.1) is 6.20 Å². The van der Waals surface area contributed by atoms with Crippen molar-refractivity contribution in [3.8, 4) is 11.1 Å². The summed E-state index contributed by atoms with van der Waals surface area (Å²) in [6.07, 6.45) is 12.7. The minimum atomic E-state index is -0.385. The molecular weight excluding hydrogens is 293 g/mol. The summed E-state index contributed by atoms with van der Waals surface area (Å²) in [6, 6.07) is 3.41. The molecule has 2 aromatic rings. The lowest BCUT2D eigenvalue weighted by atomic mass is 9.96. The van der Waals surface area contributed by atoms with Crippen molar-refractivity contribution in [1.29, 1.82) is 0 Å². The molecular formula is C18H22FN3O. The second-order valence-electron chi connectivity index (χ2n) is 6.21. The number of halogens is 1. The van der Waals surface area contributed by atoms with Gasteiger partial charge in [-0.05, 0) is 25.0 Å². The Balaban J connectivity index is 1.66. The Morgan fingerprint density at radius 3 is 2.57 bits per heavy atom. The highest BCUT2D eigenvalue weighted by atomic mass is 19.1. The van der Waals surface area contributed by atoms with Crippen molar-refractivity contribution in [2.45, 2.75) is 51.0 Å². The van der Waals surface area contributed by atoms with Crippen LogP contribution in [0.3, 0.4) is 0 Å². The van der Waals surface area contributed by atoms with Crippen LogP contribution in [0.5, 0.6) is 0 Å². The van der Waals surface area contributed by atoms with Crippen molar-refractivity contribution in [2.75, 3.05) is 0 Å². The van der Waals surface area contributed by atoms with Gasteiger partial charge >= 0.3 is 0 Å². The molecule has 0 unspecified atom stereocenters. The van der Waals surface area contributed by atoms with Gasteiger partial charge in [0, 0.05) is 29.6 Å². The highest BCUT2D eigenvalue weighted by Crippen LogP contribution is 2.21. The smallest absolute Gasteiger partial charge is 0.267 e. The molecule has 4 nitrogen and oxygen atoms in total. The second kappa shape index (κ2) is 7.40. The van der Waals surface area contributed by atoms with Crippen molar-refractivity contribution in [2.24, 2.45) is 0 Å². The van der Waals surface area contributed by atoms with Gasteiger partial charge in [0.15, 0.2) is 0 Å². The molecule has 2 N–H and O–H groups in total. The summed E-state index contributed by atoms with van der Waals surface area (Å²) in [4.78, 5) is 19.2. The molecule has 1 aliphatic carbocycles. The van der Waals surface area contributed by atoms with E-state index in [0.717, 1.165) is 18.4 Å². The van der Waals surface area contributed by atoms with Crippen LogP contribution in [0.2, 0.25) is 0 Å². The van der Waals surface area contributed by atoms with Crippen LogP contribution in [0.15, 0.2) is 30.7 Å². The number of nitrogens with one attached hydrogen (secondary N) is 2. The average molecular weight is 315 g/mol. The predicted molar refractivity (Wildman–Crippen MR) is 87.6 cm³/mol. The first-order valence-electron chi connectivity index (χ1n) is 8.32. The number of carbonyl (C=O) groups excluding carboxylic acids is 1. The van der Waals surface area contributed by atoms with Crippen molar-refractivity contribution in [1.82, 2.24) is 15.3 Å². The van der Waals surface area contributed by atoms with Crippen LogP contribution in [0.4, 0.5) is 4.39 Å². The zero-order valence-electron chi connectivity index (χ0n) is 13.1. The summed E-state index contributed by atoms with van der Waals surface area (Å²) in [6.45, 7) is 0. The minimum absolute atomic E-state index is 0.0915. The highest BCUT2D eigenvalue weighted by molar-refractivity contribution is 5.94. The number of nitrogens with zero attached hydrogens (tertiary/aromatic N) is 1. The maximum absolute atomic E-state index is 13.2. The minimum Gasteiger partial charge on any atom is -0.357 e. The van der Waals surface area contributed by atoms with Crippen molar-refractivity contribution in [3.63, 3.8) is 0 Å². The number of hydrogen-bond donors (Lipinski definition) is 2. The quantitative estimate of drug-likeness (QED) is 0.897. The summed E-state index contributed by atoms with van der Waals surface area (Å²) in [7, 11) is 0. The van der Waals surface area contributed by atoms with Gasteiger partial charge in [-0.2, -0.15) is 0 Å². The van der Waals surface area contributed by atoms with Gasteiger partial charge < -0.3 is 10.3 Å². The van der Waals surface area contributed by atoms with Gasteiger partial charge in [-0.1, -0.05) is 32.1 Å². The fraction of sp³-hybridized carbons (Fsp3) is 0.444. The molecule has 0 aliphatic heterocycles. The number of carbonyl (C=O) groups is 1. The van der Waals surface area contributed by atoms with Gasteiger partial charge in [0.2, 0.25) is 0 Å². The molecule has 5 heteroatoms. The van der Waals surface area contributed by atoms with E-state index in [-0.39, 0.29) is 17.8 Å². The van der Waals surface area contributed by atoms with Crippen LogP contribution in [0.25, 0.3) is 11.1 Å². The molecule has 0 bridgehead atoms. The Morgan fingerprint density at radius 2 is 1.83 bits per heavy atom. The third-order valence-corrected chi connectivity index (χ3v) is 4.41. The van der Waals surface area contributed by atoms with Crippen LogP contribution in [-0.4, -0.2) is 21.9 Å². The Hall–Kier alpha value is -2.17. The zero-order chi connectivity index (χ0) is 16.1. The average Bonchev–Trinajstić information content (AvgIpc) is 3.00. The number of rotatable bonds is 3. The first kappa shape index (κ1) is 15.7. The van der Waals surface area contributed by atoms with Gasteiger partial charge in [-0.25, -0.2) is 4.39 Å². The van der Waals surface area contributed by atoms with E-state index < -0.39 is 0 Å². The Bertz CT molecular complexity index is 660. The summed E-state index contributed by atoms with van der Waals surface area (Å²) in [5.41, 5.74) is 1.93. The number of pyridine rings is 1. The van der Waals surface area contributed by atoms with Crippen LogP contribution < -0.4 is 5.32 Å². The Morgan fingerprint density at radius 1 is 1.09 bits per heavy atom. The molecule has 1 aliphatic rings. The number of aromatic nitrogens is 2. The molecule has 122 valence electrons. The van der Waals surface area contributed by atoms with E-state index in [0.29, 0.717) is 11.3 Å². The molecule has 2 aromatic heterocycles. The largest absolute Gasteiger partial charge is 0.357 e. The van der Waals surface area contributed by atoms with E-state index in [1.165, 1.54) is 44.4 Å². The van der Waals surface area contributed by atoms with E-state index in [4.69, 9.17) is 0 Å². The van der Waals surface area contributed by atoms with Crippen LogP contribution >= 0.6 is 0 Å². The van der Waals surface area contributed by atoms with Crippen LogP contribution in [-0.2, 0) is 0 Å². The molecule has 23 heavy (non-hydrogen) atoms. The van der Waals surface area contributed by atoms with Crippen molar-refractivity contribution >= 4 is 5.91 Å². The normalized spacial score (nSPS) is 16.6. The Labute approximate surface area is 135 Å². The van der Waals surface area contributed by atoms with Crippen molar-refractivity contribution < 1.29 is 9.18 Å². The molecule has 1 fully saturated rings. The summed E-state index contributed by atoms with van der Waals surface area (Å²) in [5, 5.41) is 3.12. The van der Waals surface area contributed by atoms with Crippen LogP contribution in [0, 0.1) is 5.82 Å². The third kappa shape index (κ3) is 4.18. The molecule has 0 spiro atoms. The maximum Gasteiger partial charge on any atom is 0.267 e. The summed E-state index contributed by atoms with van der Waals surface area (Å²) >= 11 is 0. The van der Waals surface area contributed by atoms with E-state index >= 15 is 0 Å². The van der Waals surface area contributed by atoms with E-state index in [2.05, 4.69) is 15.3 Å². The summed E-state index contributed by atoms with van der Waals surface area (Å²) < 4.78 is 13.2. The fourth-order valence-corrected chi connectivity index (χ4v) is 3.13. The Kier molecular flexibility index (Phi) is 5.05. The second-order valence-corrected chi connectivity index (χ2v) is 6.21. The molecule has 0 saturated heterocycles. The predicted octanol–water partition coefficient (Wildman–Crippen LogP) is 4.06. The van der Waals surface area contributed by atoms with Gasteiger partial charge in [-0.3, -0.25) is 9.78 Å². The topological polar surface area (TPSA) is 57.8 Å². The molecule has 0 atom stereocenters. The first-order valence-corrected chi connectivity index (χ1v) is 8.32. The SMILES string of the molecule is O=C(NC1CCCCCCC1)c1cc(-c2cncc(F)c2)c[nH]1. The van der Waals surface area contributed by atoms with E-state index in [9.17, 15) is 9.18 Å². The lowest BCUT2D eigenvalue weighted by Gasteiger charge is -2.20. The maximum atomic E-state index is 13.2. The van der Waals surface area contributed by atoms with Gasteiger partial charge in [0.25, 0.3) is 5.91 Å². The van der Waals surface area contributed by atoms with Crippen molar-refractivity contribution in [3.05, 3.63) is 42.2 Å². The molecule has 0 radical (unpaired) electrons. The molecule has 3 rings (SSSR count). The monoisotopic (exact) mass is 315 g/mol. The lowest BCUT2D eigenvalue weighted by molar-refractivity contribution is 0.0926. The van der Waals surface area contributed by atoms with Gasteiger partial charge in [0.1, 0.15) is 11.5 Å². The molecule has 1 saturated carbocycles. The zero-order valence-corrected chi connectivity index (χ0v) is 13.1. The van der Waals surface area contributed by atoms with E-state index in [1.807, 2.05) is 0 Å². The molecule has 1 amide bonds. The fourth-order valence-electron chi connectivity index (χ4n) is 3.13. The number of hydrogen-bond acceptors (Lipinski definition) is 2. The van der Waals surface area contributed by atoms with Crippen LogP contribution in [0.1, 0.15) is 55.4 Å². The molecule has 2 heterocycles. The van der Waals surface area contributed by atoms with E-state index in [1.54, 1.807) is 18.5 Å². The number of H-pyrrole nitrogens is 1. The van der Waals surface area contributed by atoms with Gasteiger partial charge in [-0.15, -0.1) is 0 Å². The highest BCUT2D eigenvalue weighted by Gasteiger charge is 2.16.